The monoisotopic (exact) mass is 322 g/mol. The summed E-state index contributed by atoms with van der Waals surface area (Å²) in [5, 5.41) is 0. The summed E-state index contributed by atoms with van der Waals surface area (Å²) in [6.07, 6.45) is 1.69. The fraction of sp³-hybridized carbons (Fsp3) is 0.150. The summed E-state index contributed by atoms with van der Waals surface area (Å²) in [5.41, 5.74) is 2.23. The second-order valence-electron chi connectivity index (χ2n) is 5.59. The van der Waals surface area contributed by atoms with Gasteiger partial charge in [0, 0.05) is 11.6 Å². The van der Waals surface area contributed by atoms with E-state index in [4.69, 9.17) is 14.2 Å². The van der Waals surface area contributed by atoms with Crippen LogP contribution < -0.4 is 14.2 Å². The van der Waals surface area contributed by atoms with Gasteiger partial charge >= 0.3 is 0 Å². The first-order valence-electron chi connectivity index (χ1n) is 7.57. The minimum atomic E-state index is -0.151. The summed E-state index contributed by atoms with van der Waals surface area (Å²) >= 11 is 0. The van der Waals surface area contributed by atoms with Gasteiger partial charge in [0.1, 0.15) is 23.9 Å². The molecule has 0 bridgehead atoms. The number of carbonyl (C=O) groups is 1. The number of fused-ring (bicyclic) bond motifs is 1. The molecule has 2 aromatic rings. The lowest BCUT2D eigenvalue weighted by Gasteiger charge is -2.06. The van der Waals surface area contributed by atoms with Crippen LogP contribution in [0.3, 0.4) is 0 Å². The molecule has 0 N–H and O–H groups in total. The maximum absolute atomic E-state index is 12.5. The van der Waals surface area contributed by atoms with Crippen LogP contribution in [0.4, 0.5) is 0 Å². The minimum Gasteiger partial charge on any atom is -0.496 e. The molecule has 0 saturated heterocycles. The third-order valence-corrected chi connectivity index (χ3v) is 3.55. The lowest BCUT2D eigenvalue weighted by Crippen LogP contribution is -1.98. The summed E-state index contributed by atoms with van der Waals surface area (Å²) in [4.78, 5) is 12.5. The van der Waals surface area contributed by atoms with Gasteiger partial charge in [-0.3, -0.25) is 4.79 Å². The van der Waals surface area contributed by atoms with Crippen molar-refractivity contribution in [3.63, 3.8) is 0 Å². The van der Waals surface area contributed by atoms with Crippen molar-refractivity contribution in [2.75, 3.05) is 13.7 Å². The Labute approximate surface area is 141 Å². The fourth-order valence-electron chi connectivity index (χ4n) is 2.39. The van der Waals surface area contributed by atoms with E-state index in [0.717, 1.165) is 11.1 Å². The van der Waals surface area contributed by atoms with Crippen molar-refractivity contribution in [3.8, 4) is 17.2 Å². The van der Waals surface area contributed by atoms with Crippen molar-refractivity contribution >= 4 is 11.9 Å². The number of ether oxygens (including phenoxy) is 3. The number of hydrogen-bond acceptors (Lipinski definition) is 4. The van der Waals surface area contributed by atoms with Crippen molar-refractivity contribution < 1.29 is 19.0 Å². The molecule has 1 heterocycles. The Morgan fingerprint density at radius 2 is 2.04 bits per heavy atom. The van der Waals surface area contributed by atoms with E-state index in [2.05, 4.69) is 6.58 Å². The van der Waals surface area contributed by atoms with Crippen molar-refractivity contribution in [1.82, 2.24) is 0 Å². The summed E-state index contributed by atoms with van der Waals surface area (Å²) in [6.45, 7) is 6.12. The molecule has 0 unspecified atom stereocenters. The Balaban J connectivity index is 1.87. The molecule has 1 aliphatic rings. The Kier molecular flexibility index (Phi) is 4.38. The third-order valence-electron chi connectivity index (χ3n) is 3.55. The van der Waals surface area contributed by atoms with Crippen molar-refractivity contribution in [2.24, 2.45) is 0 Å². The number of Topliss-reactive ketones (excluding diaryl/α,β-unsaturated/α-hetero) is 1. The van der Waals surface area contributed by atoms with Crippen LogP contribution >= 0.6 is 0 Å². The van der Waals surface area contributed by atoms with E-state index in [1.165, 1.54) is 0 Å². The summed E-state index contributed by atoms with van der Waals surface area (Å²) in [5.74, 6) is 1.94. The highest BCUT2D eigenvalue weighted by Crippen LogP contribution is 2.35. The molecule has 0 saturated carbocycles. The van der Waals surface area contributed by atoms with Crippen LogP contribution in [-0.4, -0.2) is 19.5 Å². The van der Waals surface area contributed by atoms with Crippen LogP contribution in [0.1, 0.15) is 22.8 Å². The number of methoxy groups -OCH3 is 1. The van der Waals surface area contributed by atoms with E-state index < -0.39 is 0 Å². The molecule has 1 aliphatic heterocycles. The van der Waals surface area contributed by atoms with Gasteiger partial charge in [-0.05, 0) is 36.8 Å². The molecule has 4 heteroatoms. The van der Waals surface area contributed by atoms with Crippen LogP contribution in [0.2, 0.25) is 0 Å². The van der Waals surface area contributed by atoms with Crippen LogP contribution in [0, 0.1) is 0 Å². The molecule has 0 amide bonds. The van der Waals surface area contributed by atoms with Gasteiger partial charge in [0.25, 0.3) is 0 Å². The number of ketones is 1. The molecule has 24 heavy (non-hydrogen) atoms. The molecule has 0 fully saturated rings. The average Bonchev–Trinajstić information content (AvgIpc) is 2.89. The zero-order valence-electron chi connectivity index (χ0n) is 13.7. The maximum Gasteiger partial charge on any atom is 0.231 e. The molecule has 4 nitrogen and oxygen atoms in total. The smallest absolute Gasteiger partial charge is 0.231 e. The van der Waals surface area contributed by atoms with E-state index in [1.807, 2.05) is 31.2 Å². The minimum absolute atomic E-state index is 0.151. The number of para-hydroxylation sites is 1. The van der Waals surface area contributed by atoms with Crippen LogP contribution in [0.25, 0.3) is 6.08 Å². The molecule has 122 valence electrons. The number of benzene rings is 2. The Morgan fingerprint density at radius 3 is 2.79 bits per heavy atom. The van der Waals surface area contributed by atoms with E-state index in [9.17, 15) is 4.79 Å². The van der Waals surface area contributed by atoms with E-state index in [0.29, 0.717) is 29.4 Å². The molecular weight excluding hydrogens is 304 g/mol. The highest BCUT2D eigenvalue weighted by molar-refractivity contribution is 6.14. The largest absolute Gasteiger partial charge is 0.496 e. The molecule has 0 atom stereocenters. The molecule has 3 rings (SSSR count). The normalized spacial score (nSPS) is 14.2. The van der Waals surface area contributed by atoms with Crippen molar-refractivity contribution in [2.45, 2.75) is 6.92 Å². The number of carbonyl (C=O) groups excluding carboxylic acids is 1. The van der Waals surface area contributed by atoms with Crippen LogP contribution in [0.15, 0.2) is 60.4 Å². The number of allylic oxidation sites excluding steroid dienone is 1. The Bertz CT molecular complexity index is 833. The Hall–Kier alpha value is -3.01. The number of hydrogen-bond donors (Lipinski definition) is 0. The molecule has 0 radical (unpaired) electrons. The summed E-state index contributed by atoms with van der Waals surface area (Å²) in [7, 11) is 1.59. The summed E-state index contributed by atoms with van der Waals surface area (Å²) in [6, 6.07) is 12.7. The zero-order chi connectivity index (χ0) is 17.1. The quantitative estimate of drug-likeness (QED) is 0.609. The molecule has 0 aromatic heterocycles. The van der Waals surface area contributed by atoms with Gasteiger partial charge in [-0.25, -0.2) is 0 Å². The lowest BCUT2D eigenvalue weighted by molar-refractivity contribution is 0.101. The molecule has 0 aliphatic carbocycles. The van der Waals surface area contributed by atoms with Gasteiger partial charge < -0.3 is 14.2 Å². The summed E-state index contributed by atoms with van der Waals surface area (Å²) < 4.78 is 16.6. The SMILES string of the molecule is C=C(C)COc1ccc2c(c1)OC(=Cc1ccccc1OC)C2=O. The predicted octanol–water partition coefficient (Wildman–Crippen LogP) is 4.27. The zero-order valence-corrected chi connectivity index (χ0v) is 13.7. The second-order valence-corrected chi connectivity index (χ2v) is 5.59. The van der Waals surface area contributed by atoms with Gasteiger partial charge in [-0.1, -0.05) is 24.8 Å². The van der Waals surface area contributed by atoms with Crippen molar-refractivity contribution in [1.29, 1.82) is 0 Å². The second kappa shape index (κ2) is 6.62. The average molecular weight is 322 g/mol. The van der Waals surface area contributed by atoms with E-state index in [-0.39, 0.29) is 11.5 Å². The lowest BCUT2D eigenvalue weighted by atomic mass is 10.1. The van der Waals surface area contributed by atoms with Gasteiger partial charge in [-0.2, -0.15) is 0 Å². The first kappa shape index (κ1) is 15.9. The molecule has 0 spiro atoms. The first-order valence-corrected chi connectivity index (χ1v) is 7.57. The topological polar surface area (TPSA) is 44.8 Å². The number of rotatable bonds is 5. The van der Waals surface area contributed by atoms with Gasteiger partial charge in [-0.15, -0.1) is 0 Å². The van der Waals surface area contributed by atoms with Crippen molar-refractivity contribution in [3.05, 3.63) is 71.5 Å². The van der Waals surface area contributed by atoms with Crippen LogP contribution in [-0.2, 0) is 0 Å². The third kappa shape index (κ3) is 3.18. The van der Waals surface area contributed by atoms with Gasteiger partial charge in [0.15, 0.2) is 5.76 Å². The highest BCUT2D eigenvalue weighted by Gasteiger charge is 2.28. The van der Waals surface area contributed by atoms with Gasteiger partial charge in [0.2, 0.25) is 5.78 Å². The van der Waals surface area contributed by atoms with Crippen LogP contribution in [0.5, 0.6) is 17.2 Å². The van der Waals surface area contributed by atoms with E-state index in [1.54, 1.807) is 31.4 Å². The van der Waals surface area contributed by atoms with E-state index >= 15 is 0 Å². The molecular formula is C20H18O4. The maximum atomic E-state index is 12.5. The highest BCUT2D eigenvalue weighted by atomic mass is 16.5. The standard InChI is InChI=1S/C20H18O4/c1-13(2)12-23-15-8-9-16-18(11-15)24-19(20(16)21)10-14-6-4-5-7-17(14)22-3/h4-11H,1,12H2,2-3H3. The first-order chi connectivity index (χ1) is 11.6. The predicted molar refractivity (Wildman–Crippen MR) is 92.7 cm³/mol. The fourth-order valence-corrected chi connectivity index (χ4v) is 2.39. The Morgan fingerprint density at radius 1 is 1.25 bits per heavy atom. The van der Waals surface area contributed by atoms with Gasteiger partial charge in [0.05, 0.1) is 12.7 Å². The molecule has 2 aromatic carbocycles.